The van der Waals surface area contributed by atoms with Crippen molar-refractivity contribution in [2.45, 2.75) is 23.8 Å². The second-order valence-electron chi connectivity index (χ2n) is 6.70. The molecule has 9 heteroatoms. The van der Waals surface area contributed by atoms with Crippen LogP contribution in [0.25, 0.3) is 0 Å². The highest BCUT2D eigenvalue weighted by atomic mass is 32.2. The molecule has 2 aliphatic heterocycles. The molecular formula is C17H25FN3O4S+. The molecule has 7 nitrogen and oxygen atoms in total. The van der Waals surface area contributed by atoms with Crippen LogP contribution in [0.4, 0.5) is 4.39 Å². The molecule has 3 rings (SSSR count). The van der Waals surface area contributed by atoms with E-state index in [0.29, 0.717) is 26.2 Å². The predicted molar refractivity (Wildman–Crippen MR) is 92.7 cm³/mol. The number of rotatable bonds is 6. The monoisotopic (exact) mass is 386 g/mol. The van der Waals surface area contributed by atoms with E-state index in [4.69, 9.17) is 4.74 Å². The third-order valence-electron chi connectivity index (χ3n) is 4.85. The van der Waals surface area contributed by atoms with Gasteiger partial charge in [0.05, 0.1) is 32.3 Å². The van der Waals surface area contributed by atoms with Crippen molar-refractivity contribution in [2.75, 3.05) is 45.9 Å². The zero-order valence-corrected chi connectivity index (χ0v) is 15.4. The molecule has 0 spiro atoms. The first-order chi connectivity index (χ1) is 12.5. The first-order valence-corrected chi connectivity index (χ1v) is 10.4. The van der Waals surface area contributed by atoms with Gasteiger partial charge in [-0.1, -0.05) is 12.1 Å². The smallest absolute Gasteiger partial charge is 0.275 e. The van der Waals surface area contributed by atoms with E-state index < -0.39 is 15.8 Å². The number of ether oxygens (including phenoxy) is 1. The molecule has 1 amide bonds. The third kappa shape index (κ3) is 4.59. The molecule has 0 unspecified atom stereocenters. The second kappa shape index (κ2) is 8.43. The average molecular weight is 386 g/mol. The van der Waals surface area contributed by atoms with Gasteiger partial charge in [0, 0.05) is 13.2 Å². The van der Waals surface area contributed by atoms with E-state index in [2.05, 4.69) is 5.32 Å². The molecule has 2 heterocycles. The number of hydrogen-bond donors (Lipinski definition) is 2. The highest BCUT2D eigenvalue weighted by Gasteiger charge is 2.32. The van der Waals surface area contributed by atoms with Gasteiger partial charge < -0.3 is 15.0 Å². The number of nitrogens with one attached hydrogen (secondary N) is 2. The van der Waals surface area contributed by atoms with E-state index in [9.17, 15) is 17.6 Å². The van der Waals surface area contributed by atoms with Crippen LogP contribution >= 0.6 is 0 Å². The molecule has 0 radical (unpaired) electrons. The van der Waals surface area contributed by atoms with Crippen molar-refractivity contribution in [2.24, 2.45) is 0 Å². The van der Waals surface area contributed by atoms with Crippen molar-refractivity contribution in [1.29, 1.82) is 0 Å². The van der Waals surface area contributed by atoms with Gasteiger partial charge in [-0.05, 0) is 25.0 Å². The van der Waals surface area contributed by atoms with Crippen LogP contribution in [0.5, 0.6) is 0 Å². The van der Waals surface area contributed by atoms with Crippen molar-refractivity contribution >= 4 is 15.9 Å². The molecule has 144 valence electrons. The largest absolute Gasteiger partial charge is 0.376 e. The number of sulfonamides is 1. The van der Waals surface area contributed by atoms with Gasteiger partial charge in [-0.3, -0.25) is 4.79 Å². The lowest BCUT2D eigenvalue weighted by Gasteiger charge is -2.31. The van der Waals surface area contributed by atoms with Crippen LogP contribution < -0.4 is 10.2 Å². The standard InChI is InChI=1S/C17H24FN3O4S/c18-15-5-1-2-6-16(15)26(23,24)21-9-7-20(8-10-21)13-17(22)19-12-14-4-3-11-25-14/h1-2,5-6,14H,3-4,7-13H2,(H,19,22)/p+1/t14-/m0/s1. The number of amides is 1. The molecule has 1 atom stereocenters. The summed E-state index contributed by atoms with van der Waals surface area (Å²) < 4.78 is 45.7. The van der Waals surface area contributed by atoms with Crippen LogP contribution in [-0.2, 0) is 19.6 Å². The van der Waals surface area contributed by atoms with Gasteiger partial charge in [-0.25, -0.2) is 12.8 Å². The summed E-state index contributed by atoms with van der Waals surface area (Å²) in [5.74, 6) is -0.795. The number of quaternary nitrogens is 1. The Bertz CT molecular complexity index is 729. The van der Waals surface area contributed by atoms with Crippen LogP contribution in [0.1, 0.15) is 12.8 Å². The Morgan fingerprint density at radius 3 is 2.69 bits per heavy atom. The van der Waals surface area contributed by atoms with Crippen LogP contribution in [0.3, 0.4) is 0 Å². The van der Waals surface area contributed by atoms with E-state index >= 15 is 0 Å². The Kier molecular flexibility index (Phi) is 6.23. The van der Waals surface area contributed by atoms with Gasteiger partial charge in [-0.2, -0.15) is 4.31 Å². The summed E-state index contributed by atoms with van der Waals surface area (Å²) in [6.45, 7) is 3.16. The minimum Gasteiger partial charge on any atom is -0.376 e. The fourth-order valence-electron chi connectivity index (χ4n) is 3.34. The van der Waals surface area contributed by atoms with Gasteiger partial charge in [-0.15, -0.1) is 0 Å². The third-order valence-corrected chi connectivity index (χ3v) is 6.78. The van der Waals surface area contributed by atoms with Crippen LogP contribution in [0.2, 0.25) is 0 Å². The molecule has 2 saturated heterocycles. The maximum atomic E-state index is 13.8. The number of carbonyl (C=O) groups is 1. The van der Waals surface area contributed by atoms with Gasteiger partial charge in [0.1, 0.15) is 10.7 Å². The molecule has 0 saturated carbocycles. The summed E-state index contributed by atoms with van der Waals surface area (Å²) >= 11 is 0. The summed E-state index contributed by atoms with van der Waals surface area (Å²) in [7, 11) is -3.84. The topological polar surface area (TPSA) is 80.2 Å². The lowest BCUT2D eigenvalue weighted by Crippen LogP contribution is -3.15. The Morgan fingerprint density at radius 2 is 2.04 bits per heavy atom. The molecule has 0 aromatic heterocycles. The second-order valence-corrected chi connectivity index (χ2v) is 8.61. The minimum atomic E-state index is -3.84. The molecule has 1 aromatic carbocycles. The molecule has 1 aromatic rings. The van der Waals surface area contributed by atoms with Crippen molar-refractivity contribution in [3.05, 3.63) is 30.1 Å². The quantitative estimate of drug-likeness (QED) is 0.658. The van der Waals surface area contributed by atoms with Crippen molar-refractivity contribution in [3.63, 3.8) is 0 Å². The first kappa shape index (κ1) is 19.2. The average Bonchev–Trinajstić information content (AvgIpc) is 3.14. The summed E-state index contributed by atoms with van der Waals surface area (Å²) in [6.07, 6.45) is 2.11. The normalized spacial score (nSPS) is 22.4. The summed E-state index contributed by atoms with van der Waals surface area (Å²) in [5, 5.41) is 2.88. The lowest BCUT2D eigenvalue weighted by molar-refractivity contribution is -0.895. The van der Waals surface area contributed by atoms with Crippen LogP contribution in [0, 0.1) is 5.82 Å². The fourth-order valence-corrected chi connectivity index (χ4v) is 4.84. The fraction of sp³-hybridized carbons (Fsp3) is 0.588. The van der Waals surface area contributed by atoms with Gasteiger partial charge >= 0.3 is 0 Å². The van der Waals surface area contributed by atoms with E-state index in [1.54, 1.807) is 0 Å². The van der Waals surface area contributed by atoms with Gasteiger partial charge in [0.15, 0.2) is 6.54 Å². The Balaban J connectivity index is 1.48. The molecule has 0 bridgehead atoms. The lowest BCUT2D eigenvalue weighted by atomic mass is 10.2. The number of piperazine rings is 1. The van der Waals surface area contributed by atoms with E-state index in [1.807, 2.05) is 0 Å². The molecule has 26 heavy (non-hydrogen) atoms. The highest BCUT2D eigenvalue weighted by Crippen LogP contribution is 2.18. The van der Waals surface area contributed by atoms with E-state index in [-0.39, 0.29) is 30.0 Å². The van der Waals surface area contributed by atoms with Gasteiger partial charge in [0.2, 0.25) is 10.0 Å². The maximum absolute atomic E-state index is 13.8. The van der Waals surface area contributed by atoms with Crippen molar-refractivity contribution in [1.82, 2.24) is 9.62 Å². The Labute approximate surface area is 153 Å². The first-order valence-electron chi connectivity index (χ1n) is 8.93. The molecule has 0 aliphatic carbocycles. The number of halogens is 1. The van der Waals surface area contributed by atoms with E-state index in [1.165, 1.54) is 22.5 Å². The number of carbonyl (C=O) groups excluding carboxylic acids is 1. The molecule has 2 fully saturated rings. The summed E-state index contributed by atoms with van der Waals surface area (Å²) in [4.78, 5) is 12.8. The molecule has 2 aliphatic rings. The zero-order valence-electron chi connectivity index (χ0n) is 14.6. The number of nitrogens with zero attached hydrogens (tertiary/aromatic N) is 1. The van der Waals surface area contributed by atoms with Gasteiger partial charge in [0.25, 0.3) is 5.91 Å². The maximum Gasteiger partial charge on any atom is 0.275 e. The number of benzene rings is 1. The SMILES string of the molecule is O=C(C[NH+]1CCN(S(=O)(=O)c2ccccc2F)CC1)NC[C@@H]1CCCO1. The molecule has 2 N–H and O–H groups in total. The predicted octanol–water partition coefficient (Wildman–Crippen LogP) is -0.990. The van der Waals surface area contributed by atoms with E-state index in [0.717, 1.165) is 30.4 Å². The molecular weight excluding hydrogens is 361 g/mol. The zero-order chi connectivity index (χ0) is 18.6. The Morgan fingerprint density at radius 1 is 1.31 bits per heavy atom. The highest BCUT2D eigenvalue weighted by molar-refractivity contribution is 7.89. The summed E-state index contributed by atoms with van der Waals surface area (Å²) in [6, 6.07) is 5.40. The van der Waals surface area contributed by atoms with Crippen molar-refractivity contribution < 1.29 is 27.2 Å². The van der Waals surface area contributed by atoms with Crippen molar-refractivity contribution in [3.8, 4) is 0 Å². The number of hydrogen-bond acceptors (Lipinski definition) is 4. The van der Waals surface area contributed by atoms with Crippen LogP contribution in [-0.4, -0.2) is 70.6 Å². The minimum absolute atomic E-state index is 0.0547. The Hall–Kier alpha value is -1.55. The van der Waals surface area contributed by atoms with Crippen LogP contribution in [0.15, 0.2) is 29.2 Å². The summed E-state index contributed by atoms with van der Waals surface area (Å²) in [5.41, 5.74) is 0.